The van der Waals surface area contributed by atoms with E-state index < -0.39 is 43.4 Å². The minimum atomic E-state index is -1.53. The average molecular weight is 757 g/mol. The molecule has 0 aromatic carbocycles. The number of rotatable bonds is 38. The number of allylic oxidation sites excluding steroid dienone is 2. The maximum absolute atomic E-state index is 12.8. The zero-order valence-corrected chi connectivity index (χ0v) is 34.3. The molecule has 0 aromatic heterocycles. The van der Waals surface area contributed by atoms with E-state index >= 15 is 0 Å². The molecule has 1 aliphatic rings. The minimum absolute atomic E-state index is 0.111. The van der Waals surface area contributed by atoms with Crippen LogP contribution in [0.2, 0.25) is 0 Å². The molecule has 0 aromatic rings. The van der Waals surface area contributed by atoms with Crippen LogP contribution in [-0.4, -0.2) is 89.6 Å². The van der Waals surface area contributed by atoms with E-state index in [1.54, 1.807) is 0 Å². The highest BCUT2D eigenvalue weighted by molar-refractivity contribution is 5.69. The third-order valence-corrected chi connectivity index (χ3v) is 10.4. The van der Waals surface area contributed by atoms with Crippen molar-refractivity contribution in [1.82, 2.24) is 0 Å². The molecule has 0 aliphatic carbocycles. The zero-order chi connectivity index (χ0) is 38.6. The SMILES string of the molecule is CCCCCCCCC/C=C\CCCCCCCC(=O)OC(COCCCCCCCCCCCCCCCC)COC1OC(CO)C(O)C(O)C1O. The molecule has 1 saturated heterocycles. The van der Waals surface area contributed by atoms with Crippen molar-refractivity contribution in [3.63, 3.8) is 0 Å². The Hall–Kier alpha value is -1.07. The van der Waals surface area contributed by atoms with Crippen molar-refractivity contribution >= 4 is 5.97 Å². The summed E-state index contributed by atoms with van der Waals surface area (Å²) in [5.41, 5.74) is 0. The van der Waals surface area contributed by atoms with Gasteiger partial charge in [0.1, 0.15) is 30.5 Å². The number of ether oxygens (including phenoxy) is 4. The monoisotopic (exact) mass is 757 g/mol. The second-order valence-electron chi connectivity index (χ2n) is 15.5. The van der Waals surface area contributed by atoms with Gasteiger partial charge in [-0.15, -0.1) is 0 Å². The molecule has 1 heterocycles. The fourth-order valence-electron chi connectivity index (χ4n) is 6.90. The summed E-state index contributed by atoms with van der Waals surface area (Å²) >= 11 is 0. The Morgan fingerprint density at radius 1 is 0.585 bits per heavy atom. The van der Waals surface area contributed by atoms with Gasteiger partial charge in [0.25, 0.3) is 0 Å². The maximum Gasteiger partial charge on any atom is 0.306 e. The van der Waals surface area contributed by atoms with E-state index in [2.05, 4.69) is 26.0 Å². The fourth-order valence-corrected chi connectivity index (χ4v) is 6.90. The molecular weight excluding hydrogens is 672 g/mol. The fraction of sp³-hybridized carbons (Fsp3) is 0.932. The number of esters is 1. The summed E-state index contributed by atoms with van der Waals surface area (Å²) in [4.78, 5) is 12.8. The third kappa shape index (κ3) is 28.1. The lowest BCUT2D eigenvalue weighted by atomic mass is 9.99. The first kappa shape index (κ1) is 49.9. The Balaban J connectivity index is 2.27. The second kappa shape index (κ2) is 36.6. The number of hydrogen-bond acceptors (Lipinski definition) is 9. The lowest BCUT2D eigenvalue weighted by Crippen LogP contribution is -2.59. The summed E-state index contributed by atoms with van der Waals surface area (Å²) in [5, 5.41) is 40.1. The van der Waals surface area contributed by atoms with Crippen LogP contribution in [0.4, 0.5) is 0 Å². The van der Waals surface area contributed by atoms with Crippen molar-refractivity contribution in [1.29, 1.82) is 0 Å². The first-order valence-corrected chi connectivity index (χ1v) is 22.3. The van der Waals surface area contributed by atoms with Gasteiger partial charge in [0.05, 0.1) is 19.8 Å². The van der Waals surface area contributed by atoms with Crippen LogP contribution in [0.15, 0.2) is 12.2 Å². The Kier molecular flexibility index (Phi) is 34.5. The Labute approximate surface area is 325 Å². The van der Waals surface area contributed by atoms with E-state index in [9.17, 15) is 25.2 Å². The lowest BCUT2D eigenvalue weighted by molar-refractivity contribution is -0.305. The molecule has 53 heavy (non-hydrogen) atoms. The maximum atomic E-state index is 12.8. The molecule has 1 aliphatic heterocycles. The van der Waals surface area contributed by atoms with Gasteiger partial charge in [-0.1, -0.05) is 167 Å². The molecule has 6 unspecified atom stereocenters. The minimum Gasteiger partial charge on any atom is -0.457 e. The summed E-state index contributed by atoms with van der Waals surface area (Å²) in [5.74, 6) is -0.319. The molecule has 314 valence electrons. The molecule has 0 spiro atoms. The highest BCUT2D eigenvalue weighted by Gasteiger charge is 2.44. The van der Waals surface area contributed by atoms with Crippen LogP contribution in [-0.2, 0) is 23.7 Å². The van der Waals surface area contributed by atoms with Crippen molar-refractivity contribution in [2.45, 2.75) is 237 Å². The third-order valence-electron chi connectivity index (χ3n) is 10.4. The molecule has 0 radical (unpaired) electrons. The van der Waals surface area contributed by atoms with E-state index in [1.165, 1.54) is 135 Å². The van der Waals surface area contributed by atoms with Gasteiger partial charge in [-0.2, -0.15) is 0 Å². The number of unbranched alkanes of at least 4 members (excludes halogenated alkanes) is 25. The molecule has 9 nitrogen and oxygen atoms in total. The first-order valence-electron chi connectivity index (χ1n) is 22.3. The predicted octanol–water partition coefficient (Wildman–Crippen LogP) is 9.64. The topological polar surface area (TPSA) is 135 Å². The van der Waals surface area contributed by atoms with Crippen LogP contribution < -0.4 is 0 Å². The predicted molar refractivity (Wildman–Crippen MR) is 215 cm³/mol. The molecule has 1 rings (SSSR count). The van der Waals surface area contributed by atoms with Crippen molar-refractivity contribution in [3.05, 3.63) is 12.2 Å². The summed E-state index contributed by atoms with van der Waals surface area (Å²) in [6.07, 6.45) is 32.3. The van der Waals surface area contributed by atoms with E-state index in [0.717, 1.165) is 44.9 Å². The summed E-state index contributed by atoms with van der Waals surface area (Å²) in [6, 6.07) is 0. The highest BCUT2D eigenvalue weighted by Crippen LogP contribution is 2.22. The van der Waals surface area contributed by atoms with Gasteiger partial charge in [0, 0.05) is 13.0 Å². The van der Waals surface area contributed by atoms with Gasteiger partial charge in [-0.05, 0) is 38.5 Å². The molecule has 0 bridgehead atoms. The van der Waals surface area contributed by atoms with Gasteiger partial charge in [-0.25, -0.2) is 0 Å². The average Bonchev–Trinajstić information content (AvgIpc) is 3.16. The summed E-state index contributed by atoms with van der Waals surface area (Å²) < 4.78 is 22.8. The molecule has 1 fully saturated rings. The van der Waals surface area contributed by atoms with Gasteiger partial charge in [0.2, 0.25) is 0 Å². The first-order chi connectivity index (χ1) is 25.9. The number of aliphatic hydroxyl groups is 4. The second-order valence-corrected chi connectivity index (χ2v) is 15.5. The Morgan fingerprint density at radius 3 is 1.53 bits per heavy atom. The smallest absolute Gasteiger partial charge is 0.306 e. The van der Waals surface area contributed by atoms with E-state index in [0.29, 0.717) is 13.0 Å². The van der Waals surface area contributed by atoms with E-state index in [1.807, 2.05) is 0 Å². The van der Waals surface area contributed by atoms with Gasteiger partial charge < -0.3 is 39.4 Å². The molecular formula is C44H84O9. The van der Waals surface area contributed by atoms with Gasteiger partial charge in [0.15, 0.2) is 6.29 Å². The lowest BCUT2D eigenvalue weighted by Gasteiger charge is -2.39. The van der Waals surface area contributed by atoms with Crippen LogP contribution in [0.5, 0.6) is 0 Å². The van der Waals surface area contributed by atoms with Crippen LogP contribution >= 0.6 is 0 Å². The molecule has 0 saturated carbocycles. The van der Waals surface area contributed by atoms with Crippen LogP contribution in [0.3, 0.4) is 0 Å². The summed E-state index contributed by atoms with van der Waals surface area (Å²) in [6.45, 7) is 4.57. The van der Waals surface area contributed by atoms with Gasteiger partial charge in [-0.3, -0.25) is 4.79 Å². The molecule has 0 amide bonds. The number of aliphatic hydroxyl groups excluding tert-OH is 4. The normalized spacial score (nSPS) is 21.1. The standard InChI is InChI=1S/C44H84O9/c1-3-5-7-9-11-13-15-17-19-20-21-23-25-27-29-31-33-40(46)52-38(37-51-44-43(49)42(48)41(47)39(35-45)53-44)36-50-34-32-30-28-26-24-22-18-16-14-12-10-8-6-4-2/h19-20,38-39,41-45,47-49H,3-18,21-37H2,1-2H3/b20-19-. The quantitative estimate of drug-likeness (QED) is 0.0276. The highest BCUT2D eigenvalue weighted by atomic mass is 16.7. The van der Waals surface area contributed by atoms with E-state index in [4.69, 9.17) is 18.9 Å². The molecule has 4 N–H and O–H groups in total. The van der Waals surface area contributed by atoms with Crippen molar-refractivity contribution in [2.24, 2.45) is 0 Å². The molecule has 9 heteroatoms. The van der Waals surface area contributed by atoms with Gasteiger partial charge >= 0.3 is 5.97 Å². The van der Waals surface area contributed by atoms with Crippen LogP contribution in [0.1, 0.15) is 200 Å². The number of hydrogen-bond donors (Lipinski definition) is 4. The van der Waals surface area contributed by atoms with Crippen molar-refractivity contribution in [2.75, 3.05) is 26.4 Å². The molecule has 6 atom stereocenters. The zero-order valence-electron chi connectivity index (χ0n) is 34.3. The largest absolute Gasteiger partial charge is 0.457 e. The van der Waals surface area contributed by atoms with E-state index in [-0.39, 0.29) is 19.2 Å². The number of carbonyl (C=O) groups is 1. The summed E-state index contributed by atoms with van der Waals surface area (Å²) in [7, 11) is 0. The Morgan fingerprint density at radius 2 is 1.04 bits per heavy atom. The van der Waals surface area contributed by atoms with Crippen LogP contribution in [0, 0.1) is 0 Å². The number of carbonyl (C=O) groups excluding carboxylic acids is 1. The van der Waals surface area contributed by atoms with Crippen molar-refractivity contribution in [3.8, 4) is 0 Å². The van der Waals surface area contributed by atoms with Crippen molar-refractivity contribution < 1.29 is 44.2 Å². The van der Waals surface area contributed by atoms with Crippen LogP contribution in [0.25, 0.3) is 0 Å². The Bertz CT molecular complexity index is 823.